The Bertz CT molecular complexity index is 1320. The van der Waals surface area contributed by atoms with Crippen molar-refractivity contribution in [2.45, 2.75) is 26.0 Å². The van der Waals surface area contributed by atoms with Crippen LogP contribution in [-0.4, -0.2) is 25.8 Å². The number of thiophene rings is 1. The zero-order chi connectivity index (χ0) is 22.2. The molecule has 3 heterocycles. The molecule has 1 unspecified atom stereocenters. The minimum Gasteiger partial charge on any atom is -0.369 e. The van der Waals surface area contributed by atoms with Crippen molar-refractivity contribution < 1.29 is 5.11 Å². The summed E-state index contributed by atoms with van der Waals surface area (Å²) in [6.07, 6.45) is 2.37. The topological polar surface area (TPSA) is 107 Å². The number of hydrogen-bond donors (Lipinski definition) is 4. The number of hydrogen-bond acceptors (Lipinski definition) is 8. The Kier molecular flexibility index (Phi) is 5.50. The van der Waals surface area contributed by atoms with Gasteiger partial charge in [0.25, 0.3) is 0 Å². The van der Waals surface area contributed by atoms with Crippen LogP contribution in [0.4, 0.5) is 17.2 Å². The third-order valence-electron chi connectivity index (χ3n) is 5.39. The molecule has 1 atom stereocenters. The molecule has 0 aliphatic heterocycles. The lowest BCUT2D eigenvalue weighted by atomic mass is 10.0. The van der Waals surface area contributed by atoms with Gasteiger partial charge in [0.05, 0.1) is 15.9 Å². The minimum atomic E-state index is -1.02. The van der Waals surface area contributed by atoms with Crippen LogP contribution in [-0.2, 0) is 0 Å². The summed E-state index contributed by atoms with van der Waals surface area (Å²) in [6, 6.07) is 11.5. The number of pyridine rings is 1. The predicted octanol–water partition coefficient (Wildman–Crippen LogP) is 5.67. The van der Waals surface area contributed by atoms with Crippen LogP contribution in [0.25, 0.3) is 10.2 Å². The molecule has 9 heteroatoms. The first-order valence-corrected chi connectivity index (χ1v) is 11.5. The van der Waals surface area contributed by atoms with Crippen molar-refractivity contribution in [2.24, 2.45) is 5.92 Å². The van der Waals surface area contributed by atoms with E-state index in [-0.39, 0.29) is 5.92 Å². The highest BCUT2D eigenvalue weighted by atomic mass is 35.5. The molecule has 4 N–H and O–H groups in total. The van der Waals surface area contributed by atoms with Crippen LogP contribution in [0.2, 0.25) is 5.15 Å². The number of aliphatic hydroxyl groups excluding tert-OH is 1. The highest BCUT2D eigenvalue weighted by molar-refractivity contribution is 7.18. The maximum absolute atomic E-state index is 11.0. The Morgan fingerprint density at radius 3 is 2.75 bits per heavy atom. The van der Waals surface area contributed by atoms with Crippen LogP contribution >= 0.6 is 22.9 Å². The summed E-state index contributed by atoms with van der Waals surface area (Å²) in [5.74, 6) is 0.942. The van der Waals surface area contributed by atoms with Crippen LogP contribution < -0.4 is 10.6 Å². The number of aliphatic hydroxyl groups is 1. The fourth-order valence-corrected chi connectivity index (χ4v) is 4.84. The summed E-state index contributed by atoms with van der Waals surface area (Å²) in [6.45, 7) is 1.94. The van der Waals surface area contributed by atoms with Crippen LogP contribution in [0.15, 0.2) is 48.1 Å². The van der Waals surface area contributed by atoms with Crippen molar-refractivity contribution in [1.29, 1.82) is 5.41 Å². The largest absolute Gasteiger partial charge is 0.369 e. The lowest BCUT2D eigenvalue weighted by molar-refractivity contribution is 0.210. The molecule has 5 rings (SSSR count). The van der Waals surface area contributed by atoms with Gasteiger partial charge in [-0.25, -0.2) is 15.0 Å². The van der Waals surface area contributed by atoms with Crippen LogP contribution in [0.3, 0.4) is 0 Å². The molecule has 0 radical (unpaired) electrons. The van der Waals surface area contributed by atoms with Crippen molar-refractivity contribution in [3.63, 3.8) is 0 Å². The first-order chi connectivity index (χ1) is 15.5. The molecule has 0 bridgehead atoms. The van der Waals surface area contributed by atoms with E-state index >= 15 is 0 Å². The maximum atomic E-state index is 11.0. The molecule has 0 saturated heterocycles. The minimum absolute atomic E-state index is 0.231. The number of nitrogens with one attached hydrogen (secondary N) is 3. The van der Waals surface area contributed by atoms with Gasteiger partial charge in [-0.15, -0.1) is 11.3 Å². The highest BCUT2D eigenvalue weighted by Gasteiger charge is 2.31. The number of aromatic nitrogens is 3. The van der Waals surface area contributed by atoms with Crippen molar-refractivity contribution in [2.75, 3.05) is 10.6 Å². The summed E-state index contributed by atoms with van der Waals surface area (Å²) >= 11 is 7.56. The maximum Gasteiger partial charge on any atom is 0.153 e. The Hall–Kier alpha value is -3.07. The van der Waals surface area contributed by atoms with E-state index in [4.69, 9.17) is 17.0 Å². The van der Waals surface area contributed by atoms with Gasteiger partial charge in [0.2, 0.25) is 0 Å². The number of rotatable bonds is 7. The van der Waals surface area contributed by atoms with Gasteiger partial charge in [-0.3, -0.25) is 0 Å². The van der Waals surface area contributed by atoms with Gasteiger partial charge < -0.3 is 21.1 Å². The third-order valence-corrected chi connectivity index (χ3v) is 6.79. The summed E-state index contributed by atoms with van der Waals surface area (Å²) in [7, 11) is 0. The van der Waals surface area contributed by atoms with E-state index in [1.54, 1.807) is 0 Å². The van der Waals surface area contributed by atoms with Gasteiger partial charge in [-0.05, 0) is 44.0 Å². The van der Waals surface area contributed by atoms with E-state index in [2.05, 4.69) is 25.6 Å². The molecular weight excluding hydrogens is 444 g/mol. The second kappa shape index (κ2) is 8.46. The number of fused-ring (bicyclic) bond motifs is 1. The Labute approximate surface area is 194 Å². The third kappa shape index (κ3) is 4.04. The van der Waals surface area contributed by atoms with Crippen LogP contribution in [0.5, 0.6) is 0 Å². The number of benzene rings is 1. The fraction of sp³-hybridized carbons (Fsp3) is 0.217. The first kappa shape index (κ1) is 20.8. The smallest absolute Gasteiger partial charge is 0.153 e. The SMILES string of the molecule is Cc1cccc(Nc2cccc(NC(O)c3csc4c(Cl)ncnc34)c2C(=N)C2CC2)n1. The molecular formula is C23H21ClN6OS. The molecule has 1 aliphatic rings. The highest BCUT2D eigenvalue weighted by Crippen LogP contribution is 2.39. The number of nitrogens with zero attached hydrogens (tertiary/aromatic N) is 3. The van der Waals surface area contributed by atoms with Gasteiger partial charge >= 0.3 is 0 Å². The molecule has 7 nitrogen and oxygen atoms in total. The lowest BCUT2D eigenvalue weighted by Crippen LogP contribution is -2.15. The van der Waals surface area contributed by atoms with Crippen molar-refractivity contribution in [1.82, 2.24) is 15.0 Å². The number of aryl methyl sites for hydroxylation is 1. The molecule has 1 aromatic carbocycles. The first-order valence-electron chi connectivity index (χ1n) is 10.3. The van der Waals surface area contributed by atoms with E-state index in [0.29, 0.717) is 33.5 Å². The second-order valence-electron chi connectivity index (χ2n) is 7.79. The van der Waals surface area contributed by atoms with E-state index in [1.165, 1.54) is 17.7 Å². The van der Waals surface area contributed by atoms with E-state index in [0.717, 1.165) is 34.5 Å². The number of halogens is 1. The van der Waals surface area contributed by atoms with Gasteiger partial charge in [0, 0.05) is 39.5 Å². The Morgan fingerprint density at radius 1 is 1.19 bits per heavy atom. The van der Waals surface area contributed by atoms with Gasteiger partial charge in [0.15, 0.2) is 6.23 Å². The van der Waals surface area contributed by atoms with E-state index < -0.39 is 6.23 Å². The van der Waals surface area contributed by atoms with Gasteiger partial charge in [0.1, 0.15) is 17.3 Å². The van der Waals surface area contributed by atoms with E-state index in [1.807, 2.05) is 48.7 Å². The molecule has 0 amide bonds. The average Bonchev–Trinajstić information content (AvgIpc) is 3.52. The van der Waals surface area contributed by atoms with Gasteiger partial charge in [-0.1, -0.05) is 23.7 Å². The molecule has 1 fully saturated rings. The molecule has 3 aromatic heterocycles. The summed E-state index contributed by atoms with van der Waals surface area (Å²) < 4.78 is 0.733. The molecule has 1 saturated carbocycles. The van der Waals surface area contributed by atoms with Crippen molar-refractivity contribution >= 4 is 56.1 Å². The molecule has 162 valence electrons. The monoisotopic (exact) mass is 464 g/mol. The summed E-state index contributed by atoms with van der Waals surface area (Å²) in [5, 5.41) is 28.5. The Balaban J connectivity index is 1.51. The van der Waals surface area contributed by atoms with Crippen molar-refractivity contribution in [3.8, 4) is 0 Å². The molecule has 4 aromatic rings. The normalized spacial score (nSPS) is 14.3. The standard InChI is InChI=1S/C23H21ClN6OS/c1-12-4-2-7-17(28-12)29-15-5-3-6-16(18(15)19(25)13-8-9-13)30-23(31)14-10-32-21-20(14)26-11-27-22(21)24/h2-7,10-11,13,23,25,30-31H,8-9H2,1H3,(H,28,29). The summed E-state index contributed by atoms with van der Waals surface area (Å²) in [5.41, 5.74) is 4.89. The Morgan fingerprint density at radius 2 is 1.97 bits per heavy atom. The average molecular weight is 465 g/mol. The zero-order valence-electron chi connectivity index (χ0n) is 17.3. The van der Waals surface area contributed by atoms with Crippen LogP contribution in [0, 0.1) is 18.3 Å². The van der Waals surface area contributed by atoms with Crippen molar-refractivity contribution in [3.05, 3.63) is 70.1 Å². The zero-order valence-corrected chi connectivity index (χ0v) is 18.8. The van der Waals surface area contributed by atoms with E-state index in [9.17, 15) is 5.11 Å². The molecule has 0 spiro atoms. The predicted molar refractivity (Wildman–Crippen MR) is 129 cm³/mol. The fourth-order valence-electron chi connectivity index (χ4n) is 3.65. The molecule has 32 heavy (non-hydrogen) atoms. The second-order valence-corrected chi connectivity index (χ2v) is 9.02. The van der Waals surface area contributed by atoms with Crippen LogP contribution in [0.1, 0.15) is 35.9 Å². The summed E-state index contributed by atoms with van der Waals surface area (Å²) in [4.78, 5) is 12.8. The van der Waals surface area contributed by atoms with Gasteiger partial charge in [-0.2, -0.15) is 0 Å². The lowest BCUT2D eigenvalue weighted by Gasteiger charge is -2.20. The molecule has 1 aliphatic carbocycles. The quantitative estimate of drug-likeness (QED) is 0.159. The number of anilines is 3.